The predicted octanol–water partition coefficient (Wildman–Crippen LogP) is 2.73. The van der Waals surface area contributed by atoms with E-state index >= 15 is 0 Å². The van der Waals surface area contributed by atoms with Gasteiger partial charge in [0.05, 0.1) is 6.54 Å². The topological polar surface area (TPSA) is 57.7 Å². The van der Waals surface area contributed by atoms with E-state index in [4.69, 9.17) is 0 Å². The average Bonchev–Trinajstić information content (AvgIpc) is 3.05. The van der Waals surface area contributed by atoms with E-state index in [1.807, 2.05) is 30.9 Å². The van der Waals surface area contributed by atoms with Crippen LogP contribution >= 0.6 is 0 Å². The lowest BCUT2D eigenvalue weighted by Crippen LogP contribution is -2.33. The van der Waals surface area contributed by atoms with E-state index in [-0.39, 0.29) is 0 Å². The number of aromatic amines is 1. The predicted molar refractivity (Wildman–Crippen MR) is 85.4 cm³/mol. The minimum absolute atomic E-state index is 0.620. The molecule has 3 aromatic heterocycles. The molecule has 4 heterocycles. The molecule has 0 aliphatic carbocycles. The third kappa shape index (κ3) is 2.60. The Hall–Kier alpha value is -2.27. The number of nitrogens with zero attached hydrogens (tertiary/aromatic N) is 4. The van der Waals surface area contributed by atoms with Gasteiger partial charge in [0.15, 0.2) is 0 Å². The van der Waals surface area contributed by atoms with Crippen LogP contribution in [-0.2, 0) is 6.54 Å². The van der Waals surface area contributed by atoms with Crippen molar-refractivity contribution in [2.45, 2.75) is 25.3 Å². The van der Waals surface area contributed by atoms with E-state index in [2.05, 4.69) is 37.0 Å². The van der Waals surface area contributed by atoms with Crippen molar-refractivity contribution in [1.29, 1.82) is 0 Å². The molecule has 1 fully saturated rings. The largest absolute Gasteiger partial charge is 0.346 e. The van der Waals surface area contributed by atoms with Gasteiger partial charge in [-0.15, -0.1) is 0 Å². The highest BCUT2D eigenvalue weighted by Gasteiger charge is 2.22. The summed E-state index contributed by atoms with van der Waals surface area (Å²) < 4.78 is 0. The van der Waals surface area contributed by atoms with Gasteiger partial charge in [0.1, 0.15) is 11.5 Å². The zero-order valence-corrected chi connectivity index (χ0v) is 12.4. The quantitative estimate of drug-likeness (QED) is 0.806. The number of nitrogens with one attached hydrogen (secondary N) is 1. The van der Waals surface area contributed by atoms with Gasteiger partial charge in [-0.25, -0.2) is 15.0 Å². The lowest BCUT2D eigenvalue weighted by molar-refractivity contribution is 0.200. The van der Waals surface area contributed by atoms with Crippen molar-refractivity contribution in [3.8, 4) is 0 Å². The van der Waals surface area contributed by atoms with Crippen LogP contribution in [-0.4, -0.2) is 37.9 Å². The number of pyridine rings is 1. The number of rotatable bonds is 3. The summed E-state index contributed by atoms with van der Waals surface area (Å²) in [6.45, 7) is 3.04. The Morgan fingerprint density at radius 1 is 1.05 bits per heavy atom. The van der Waals surface area contributed by atoms with Crippen LogP contribution in [0.1, 0.15) is 30.1 Å². The third-order valence-corrected chi connectivity index (χ3v) is 4.51. The van der Waals surface area contributed by atoms with Gasteiger partial charge in [-0.2, -0.15) is 0 Å². The summed E-state index contributed by atoms with van der Waals surface area (Å²) in [5, 5.41) is 1.27. The van der Waals surface area contributed by atoms with E-state index in [1.54, 1.807) is 0 Å². The first-order valence-electron chi connectivity index (χ1n) is 7.80. The van der Waals surface area contributed by atoms with Crippen molar-refractivity contribution in [2.24, 2.45) is 0 Å². The van der Waals surface area contributed by atoms with Crippen molar-refractivity contribution < 1.29 is 0 Å². The van der Waals surface area contributed by atoms with Crippen molar-refractivity contribution in [1.82, 2.24) is 24.8 Å². The number of aromatic nitrogens is 4. The average molecular weight is 293 g/mol. The standard InChI is InChI=1S/C17H19N5/c1-6-18-16(19-7-1)12-22-10-4-13(5-11-22)14-2-8-20-17-15(14)3-9-21-17/h1-3,6-9,13H,4-5,10-12H2,(H,20,21). The first kappa shape index (κ1) is 13.4. The minimum Gasteiger partial charge on any atom is -0.346 e. The minimum atomic E-state index is 0.620. The fraction of sp³-hybridized carbons (Fsp3) is 0.353. The molecule has 112 valence electrons. The van der Waals surface area contributed by atoms with Crippen LogP contribution in [0.4, 0.5) is 0 Å². The lowest BCUT2D eigenvalue weighted by Gasteiger charge is -2.31. The van der Waals surface area contributed by atoms with Crippen LogP contribution < -0.4 is 0 Å². The Morgan fingerprint density at radius 3 is 2.68 bits per heavy atom. The van der Waals surface area contributed by atoms with E-state index in [1.165, 1.54) is 23.8 Å². The molecule has 0 radical (unpaired) electrons. The van der Waals surface area contributed by atoms with Crippen LogP contribution in [0.3, 0.4) is 0 Å². The van der Waals surface area contributed by atoms with Crippen LogP contribution in [0.5, 0.6) is 0 Å². The molecule has 1 N–H and O–H groups in total. The molecule has 5 nitrogen and oxygen atoms in total. The van der Waals surface area contributed by atoms with E-state index in [9.17, 15) is 0 Å². The maximum Gasteiger partial charge on any atom is 0.142 e. The molecule has 0 bridgehead atoms. The Morgan fingerprint density at radius 2 is 1.86 bits per heavy atom. The van der Waals surface area contributed by atoms with Gasteiger partial charge in [0.2, 0.25) is 0 Å². The molecule has 5 heteroatoms. The van der Waals surface area contributed by atoms with Crippen LogP contribution in [0.15, 0.2) is 43.0 Å². The molecular weight excluding hydrogens is 274 g/mol. The first-order valence-corrected chi connectivity index (χ1v) is 7.80. The summed E-state index contributed by atoms with van der Waals surface area (Å²) in [6, 6.07) is 6.18. The molecule has 1 aliphatic rings. The summed E-state index contributed by atoms with van der Waals surface area (Å²) >= 11 is 0. The Labute approximate surface area is 129 Å². The molecule has 0 spiro atoms. The van der Waals surface area contributed by atoms with Gasteiger partial charge < -0.3 is 4.98 Å². The van der Waals surface area contributed by atoms with Crippen molar-refractivity contribution in [3.63, 3.8) is 0 Å². The summed E-state index contributed by atoms with van der Waals surface area (Å²) in [5.74, 6) is 1.53. The number of likely N-dealkylation sites (tertiary alicyclic amines) is 1. The molecule has 0 saturated carbocycles. The zero-order valence-electron chi connectivity index (χ0n) is 12.4. The summed E-state index contributed by atoms with van der Waals surface area (Å²) in [7, 11) is 0. The number of fused-ring (bicyclic) bond motifs is 1. The summed E-state index contributed by atoms with van der Waals surface area (Å²) in [5.41, 5.74) is 2.43. The highest BCUT2D eigenvalue weighted by molar-refractivity contribution is 5.79. The lowest BCUT2D eigenvalue weighted by atomic mass is 9.88. The smallest absolute Gasteiger partial charge is 0.142 e. The normalized spacial score (nSPS) is 17.1. The second kappa shape index (κ2) is 5.85. The number of hydrogen-bond donors (Lipinski definition) is 1. The Kier molecular flexibility index (Phi) is 3.56. The maximum absolute atomic E-state index is 4.38. The molecular formula is C17H19N5. The van der Waals surface area contributed by atoms with Gasteiger partial charge in [0, 0.05) is 30.2 Å². The molecule has 4 rings (SSSR count). The number of piperidine rings is 1. The summed E-state index contributed by atoms with van der Waals surface area (Å²) in [6.07, 6.45) is 9.87. The second-order valence-corrected chi connectivity index (χ2v) is 5.86. The molecule has 1 aliphatic heterocycles. The van der Waals surface area contributed by atoms with E-state index in [0.717, 1.165) is 31.1 Å². The van der Waals surface area contributed by atoms with Crippen LogP contribution in [0, 0.1) is 0 Å². The fourth-order valence-electron chi connectivity index (χ4n) is 3.35. The van der Waals surface area contributed by atoms with Gasteiger partial charge in [-0.05, 0) is 55.6 Å². The van der Waals surface area contributed by atoms with Gasteiger partial charge in [0.25, 0.3) is 0 Å². The molecule has 1 saturated heterocycles. The number of hydrogen-bond acceptors (Lipinski definition) is 4. The Balaban J connectivity index is 1.45. The highest BCUT2D eigenvalue weighted by atomic mass is 15.1. The van der Waals surface area contributed by atoms with Crippen LogP contribution in [0.25, 0.3) is 11.0 Å². The highest BCUT2D eigenvalue weighted by Crippen LogP contribution is 2.32. The number of H-pyrrole nitrogens is 1. The molecule has 0 aromatic carbocycles. The van der Waals surface area contributed by atoms with Gasteiger partial charge >= 0.3 is 0 Å². The van der Waals surface area contributed by atoms with Crippen molar-refractivity contribution in [2.75, 3.05) is 13.1 Å². The van der Waals surface area contributed by atoms with Crippen molar-refractivity contribution >= 4 is 11.0 Å². The van der Waals surface area contributed by atoms with Gasteiger partial charge in [-0.3, -0.25) is 4.90 Å². The van der Waals surface area contributed by atoms with Crippen molar-refractivity contribution in [3.05, 3.63) is 54.4 Å². The summed E-state index contributed by atoms with van der Waals surface area (Å²) in [4.78, 5) is 18.7. The van der Waals surface area contributed by atoms with Gasteiger partial charge in [-0.1, -0.05) is 0 Å². The monoisotopic (exact) mass is 293 g/mol. The molecule has 22 heavy (non-hydrogen) atoms. The molecule has 0 atom stereocenters. The SMILES string of the molecule is c1cnc(CN2CCC(c3ccnc4[nH]ccc34)CC2)nc1. The van der Waals surface area contributed by atoms with E-state index < -0.39 is 0 Å². The van der Waals surface area contributed by atoms with Crippen LogP contribution in [0.2, 0.25) is 0 Å². The van der Waals surface area contributed by atoms with E-state index in [0.29, 0.717) is 5.92 Å². The molecule has 0 amide bonds. The maximum atomic E-state index is 4.38. The first-order chi connectivity index (χ1) is 10.9. The Bertz CT molecular complexity index is 744. The molecule has 0 unspecified atom stereocenters. The fourth-order valence-corrected chi connectivity index (χ4v) is 3.35. The third-order valence-electron chi connectivity index (χ3n) is 4.51. The molecule has 3 aromatic rings. The zero-order chi connectivity index (χ0) is 14.8. The second-order valence-electron chi connectivity index (χ2n) is 5.86.